The van der Waals surface area contributed by atoms with Crippen LogP contribution in [0.4, 0.5) is 0 Å². The second-order valence-corrected chi connectivity index (χ2v) is 6.39. The Morgan fingerprint density at radius 1 is 0.875 bits per heavy atom. The Kier molecular flexibility index (Phi) is 4.09. The van der Waals surface area contributed by atoms with Crippen LogP contribution < -0.4 is 0 Å². The first-order valence-corrected chi connectivity index (χ1v) is 8.54. The van der Waals surface area contributed by atoms with Gasteiger partial charge in [-0.25, -0.2) is 0 Å². The van der Waals surface area contributed by atoms with Gasteiger partial charge < -0.3 is 9.67 Å². The van der Waals surface area contributed by atoms with E-state index in [4.69, 9.17) is 0 Å². The Hall–Kier alpha value is -2.52. The van der Waals surface area contributed by atoms with Crippen LogP contribution in [-0.4, -0.2) is 21.1 Å². The molecule has 0 amide bonds. The van der Waals surface area contributed by atoms with Crippen molar-refractivity contribution in [2.24, 2.45) is 0 Å². The lowest BCUT2D eigenvalue weighted by atomic mass is 10.0. The first-order valence-electron chi connectivity index (χ1n) is 8.54. The lowest BCUT2D eigenvalue weighted by Gasteiger charge is -2.30. The van der Waals surface area contributed by atoms with Crippen molar-refractivity contribution in [2.75, 3.05) is 6.54 Å². The highest BCUT2D eigenvalue weighted by atomic mass is 16.3. The maximum atomic E-state index is 10.2. The summed E-state index contributed by atoms with van der Waals surface area (Å²) in [6.07, 6.45) is 3.29. The van der Waals surface area contributed by atoms with Crippen LogP contribution in [-0.2, 0) is 13.1 Å². The molecule has 4 rings (SSSR count). The number of para-hydroxylation sites is 1. The molecule has 0 saturated heterocycles. The molecule has 1 aliphatic rings. The van der Waals surface area contributed by atoms with Crippen LogP contribution >= 0.6 is 0 Å². The molecule has 2 aromatic carbocycles. The number of aromatic nitrogens is 1. The molecule has 0 fully saturated rings. The number of phenolic OH excluding ortho intramolecular Hbond substituents is 1. The molecule has 3 nitrogen and oxygen atoms in total. The lowest BCUT2D eigenvalue weighted by molar-refractivity contribution is 0.218. The summed E-state index contributed by atoms with van der Waals surface area (Å²) in [6.45, 7) is 2.80. The van der Waals surface area contributed by atoms with Crippen molar-refractivity contribution in [3.8, 4) is 5.75 Å². The Bertz CT molecular complexity index is 809. The monoisotopic (exact) mass is 318 g/mol. The van der Waals surface area contributed by atoms with Gasteiger partial charge in [0.15, 0.2) is 0 Å². The number of rotatable bonds is 3. The van der Waals surface area contributed by atoms with E-state index in [1.165, 1.54) is 11.3 Å². The fourth-order valence-corrected chi connectivity index (χ4v) is 3.69. The van der Waals surface area contributed by atoms with Crippen molar-refractivity contribution in [3.05, 3.63) is 89.7 Å². The highest BCUT2D eigenvalue weighted by Gasteiger charge is 2.27. The van der Waals surface area contributed by atoms with Gasteiger partial charge >= 0.3 is 0 Å². The van der Waals surface area contributed by atoms with E-state index in [1.807, 2.05) is 18.2 Å². The summed E-state index contributed by atoms with van der Waals surface area (Å²) < 4.78 is 2.36. The van der Waals surface area contributed by atoms with E-state index in [-0.39, 0.29) is 6.04 Å². The molecule has 0 aliphatic carbocycles. The van der Waals surface area contributed by atoms with Gasteiger partial charge in [-0.15, -0.1) is 0 Å². The summed E-state index contributed by atoms with van der Waals surface area (Å²) in [7, 11) is 0. The number of phenols is 1. The standard InChI is InChI=1S/C21H22N2O/c24-20-12-5-4-10-18(20)16-23-15-7-14-22-13-6-11-19(22)21(23)17-8-2-1-3-9-17/h1-6,8-13,21,24H,7,14-16H2. The van der Waals surface area contributed by atoms with Gasteiger partial charge in [-0.2, -0.15) is 0 Å². The molecule has 1 unspecified atom stereocenters. The average Bonchev–Trinajstić information content (AvgIpc) is 2.99. The SMILES string of the molecule is Oc1ccccc1CN1CCCn2cccc2C1c1ccccc1. The molecule has 0 spiro atoms. The maximum Gasteiger partial charge on any atom is 0.120 e. The van der Waals surface area contributed by atoms with Gasteiger partial charge in [0.05, 0.1) is 6.04 Å². The van der Waals surface area contributed by atoms with Gasteiger partial charge in [0, 0.05) is 37.1 Å². The van der Waals surface area contributed by atoms with Crippen molar-refractivity contribution in [1.29, 1.82) is 0 Å². The van der Waals surface area contributed by atoms with Gasteiger partial charge in [-0.1, -0.05) is 48.5 Å². The van der Waals surface area contributed by atoms with Crippen LogP contribution in [0.15, 0.2) is 72.9 Å². The summed E-state index contributed by atoms with van der Waals surface area (Å²) in [5.74, 6) is 0.379. The summed E-state index contributed by atoms with van der Waals surface area (Å²) >= 11 is 0. The minimum Gasteiger partial charge on any atom is -0.508 e. The van der Waals surface area contributed by atoms with Gasteiger partial charge in [0.1, 0.15) is 5.75 Å². The number of aryl methyl sites for hydroxylation is 1. The highest BCUT2D eigenvalue weighted by Crippen LogP contribution is 2.33. The topological polar surface area (TPSA) is 28.4 Å². The number of aromatic hydroxyl groups is 1. The molecule has 1 aromatic heterocycles. The number of hydrogen-bond donors (Lipinski definition) is 1. The quantitative estimate of drug-likeness (QED) is 0.784. The van der Waals surface area contributed by atoms with Crippen molar-refractivity contribution < 1.29 is 5.11 Å². The fourth-order valence-electron chi connectivity index (χ4n) is 3.69. The van der Waals surface area contributed by atoms with Crippen LogP contribution in [0.25, 0.3) is 0 Å². The minimum absolute atomic E-state index is 0.211. The van der Waals surface area contributed by atoms with Gasteiger partial charge in [0.25, 0.3) is 0 Å². The molecular formula is C21H22N2O. The second-order valence-electron chi connectivity index (χ2n) is 6.39. The van der Waals surface area contributed by atoms with E-state index in [0.29, 0.717) is 5.75 Å². The predicted molar refractivity (Wildman–Crippen MR) is 95.9 cm³/mol. The van der Waals surface area contributed by atoms with Crippen LogP contribution in [0.2, 0.25) is 0 Å². The van der Waals surface area contributed by atoms with Crippen molar-refractivity contribution >= 4 is 0 Å². The molecule has 1 atom stereocenters. The van der Waals surface area contributed by atoms with Crippen LogP contribution in [0.5, 0.6) is 5.75 Å². The Morgan fingerprint density at radius 3 is 2.50 bits per heavy atom. The normalized spacial score (nSPS) is 18.1. The summed E-state index contributed by atoms with van der Waals surface area (Å²) in [6, 6.07) is 22.9. The summed E-state index contributed by atoms with van der Waals surface area (Å²) in [4.78, 5) is 2.48. The molecular weight excluding hydrogens is 296 g/mol. The molecule has 122 valence electrons. The smallest absolute Gasteiger partial charge is 0.120 e. The lowest BCUT2D eigenvalue weighted by Crippen LogP contribution is -2.29. The first kappa shape index (κ1) is 15.0. The number of fused-ring (bicyclic) bond motifs is 1. The molecule has 3 heteroatoms. The van der Waals surface area contributed by atoms with E-state index < -0.39 is 0 Å². The number of hydrogen-bond acceptors (Lipinski definition) is 2. The zero-order valence-electron chi connectivity index (χ0n) is 13.7. The predicted octanol–water partition coefficient (Wildman–Crippen LogP) is 4.19. The Labute approximate surface area is 142 Å². The van der Waals surface area contributed by atoms with Crippen molar-refractivity contribution in [1.82, 2.24) is 9.47 Å². The molecule has 1 aliphatic heterocycles. The minimum atomic E-state index is 0.211. The molecule has 0 radical (unpaired) electrons. The Morgan fingerprint density at radius 2 is 1.67 bits per heavy atom. The molecule has 24 heavy (non-hydrogen) atoms. The fraction of sp³-hybridized carbons (Fsp3) is 0.238. The molecule has 0 bridgehead atoms. The van der Waals surface area contributed by atoms with Crippen LogP contribution in [0.1, 0.15) is 29.3 Å². The van der Waals surface area contributed by atoms with Crippen LogP contribution in [0.3, 0.4) is 0 Å². The molecule has 0 saturated carbocycles. The molecule has 2 heterocycles. The van der Waals surface area contributed by atoms with Gasteiger partial charge in [0.2, 0.25) is 0 Å². The molecule has 1 N–H and O–H groups in total. The summed E-state index contributed by atoms with van der Waals surface area (Å²) in [5.41, 5.74) is 3.61. The average molecular weight is 318 g/mol. The third-order valence-electron chi connectivity index (χ3n) is 4.83. The largest absolute Gasteiger partial charge is 0.508 e. The van der Waals surface area contributed by atoms with E-state index in [9.17, 15) is 5.11 Å². The third kappa shape index (κ3) is 2.83. The third-order valence-corrected chi connectivity index (χ3v) is 4.83. The second kappa shape index (κ2) is 6.54. The maximum absolute atomic E-state index is 10.2. The zero-order chi connectivity index (χ0) is 16.4. The van der Waals surface area contributed by atoms with Crippen molar-refractivity contribution in [3.63, 3.8) is 0 Å². The van der Waals surface area contributed by atoms with Gasteiger partial charge in [-0.3, -0.25) is 4.90 Å². The van der Waals surface area contributed by atoms with E-state index in [1.54, 1.807) is 6.07 Å². The van der Waals surface area contributed by atoms with E-state index in [2.05, 4.69) is 58.1 Å². The highest BCUT2D eigenvalue weighted by molar-refractivity contribution is 5.34. The number of benzene rings is 2. The van der Waals surface area contributed by atoms with Gasteiger partial charge in [-0.05, 0) is 30.2 Å². The van der Waals surface area contributed by atoms with Crippen LogP contribution in [0, 0.1) is 0 Å². The zero-order valence-corrected chi connectivity index (χ0v) is 13.7. The summed E-state index contributed by atoms with van der Waals surface area (Å²) in [5, 5.41) is 10.2. The first-order chi connectivity index (χ1) is 11.8. The van der Waals surface area contributed by atoms with E-state index >= 15 is 0 Å². The van der Waals surface area contributed by atoms with Crippen molar-refractivity contribution in [2.45, 2.75) is 25.6 Å². The molecule has 3 aromatic rings. The number of nitrogens with zero attached hydrogens (tertiary/aromatic N) is 2. The van der Waals surface area contributed by atoms with E-state index in [0.717, 1.165) is 31.6 Å². The Balaban J connectivity index is 1.75.